The first-order valence-electron chi connectivity index (χ1n) is 4.88. The van der Waals surface area contributed by atoms with Crippen LogP contribution in [0.4, 0.5) is 13.2 Å². The van der Waals surface area contributed by atoms with Crippen molar-refractivity contribution in [3.05, 3.63) is 28.2 Å². The van der Waals surface area contributed by atoms with Gasteiger partial charge in [0.15, 0.2) is 11.6 Å². The van der Waals surface area contributed by atoms with Crippen LogP contribution in [0.1, 0.15) is 0 Å². The summed E-state index contributed by atoms with van der Waals surface area (Å²) in [4.78, 5) is 0. The molecule has 0 aromatic heterocycles. The number of nitrogens with zero attached hydrogens (tertiary/aromatic N) is 1. The van der Waals surface area contributed by atoms with Crippen molar-refractivity contribution in [1.29, 1.82) is 0 Å². The Morgan fingerprint density at radius 1 is 1.37 bits per heavy atom. The second kappa shape index (κ2) is 6.21. The molecule has 0 saturated carbocycles. The molecule has 0 heterocycles. The summed E-state index contributed by atoms with van der Waals surface area (Å²) in [6.07, 6.45) is -4.72. The number of rotatable bonds is 4. The average molecular weight is 317 g/mol. The highest BCUT2D eigenvalue weighted by molar-refractivity contribution is 6.37. The van der Waals surface area contributed by atoms with Gasteiger partial charge in [-0.05, 0) is 12.1 Å². The maximum atomic E-state index is 12.6. The Morgan fingerprint density at radius 3 is 2.32 bits per heavy atom. The van der Waals surface area contributed by atoms with Gasteiger partial charge in [0.05, 0.1) is 10.0 Å². The fourth-order valence-electron chi connectivity index (χ4n) is 1.20. The molecule has 0 aliphatic rings. The third-order valence-electron chi connectivity index (χ3n) is 2.18. The number of amidine groups is 1. The van der Waals surface area contributed by atoms with E-state index in [0.717, 1.165) is 0 Å². The van der Waals surface area contributed by atoms with Crippen LogP contribution in [0.3, 0.4) is 0 Å². The van der Waals surface area contributed by atoms with Crippen molar-refractivity contribution in [3.63, 3.8) is 0 Å². The lowest BCUT2D eigenvalue weighted by molar-refractivity contribution is -0.162. The topological polar surface area (TPSA) is 67.8 Å². The maximum absolute atomic E-state index is 12.6. The van der Waals surface area contributed by atoms with Gasteiger partial charge in [-0.2, -0.15) is 13.2 Å². The first-order valence-corrected chi connectivity index (χ1v) is 5.64. The molecular weight excluding hydrogens is 308 g/mol. The van der Waals surface area contributed by atoms with Gasteiger partial charge >= 0.3 is 6.18 Å². The molecular formula is C10H9Cl2F3N2O2. The number of nitrogens with two attached hydrogens (primary N) is 1. The Bertz CT molecular complexity index is 460. The molecule has 0 saturated heterocycles. The van der Waals surface area contributed by atoms with Crippen molar-refractivity contribution in [2.45, 2.75) is 6.18 Å². The van der Waals surface area contributed by atoms with Crippen LogP contribution in [-0.4, -0.2) is 23.8 Å². The van der Waals surface area contributed by atoms with Crippen LogP contribution in [0.15, 0.2) is 23.4 Å². The van der Waals surface area contributed by atoms with Crippen molar-refractivity contribution in [3.8, 4) is 5.75 Å². The summed E-state index contributed by atoms with van der Waals surface area (Å²) in [5, 5.41) is 10.8. The van der Waals surface area contributed by atoms with Gasteiger partial charge in [-0.15, -0.1) is 0 Å². The third-order valence-corrected chi connectivity index (χ3v) is 2.78. The zero-order valence-electron chi connectivity index (χ0n) is 9.29. The summed E-state index contributed by atoms with van der Waals surface area (Å²) in [5.74, 6) is -3.36. The monoisotopic (exact) mass is 316 g/mol. The third kappa shape index (κ3) is 4.07. The van der Waals surface area contributed by atoms with Crippen molar-refractivity contribution < 1.29 is 23.1 Å². The normalized spacial score (nSPS) is 14.3. The van der Waals surface area contributed by atoms with Crippen LogP contribution >= 0.6 is 23.2 Å². The van der Waals surface area contributed by atoms with Gasteiger partial charge in [-0.1, -0.05) is 34.4 Å². The lowest BCUT2D eigenvalue weighted by Crippen LogP contribution is -2.40. The summed E-state index contributed by atoms with van der Waals surface area (Å²) in [6, 6.07) is 4.34. The molecule has 4 nitrogen and oxygen atoms in total. The molecule has 0 bridgehead atoms. The quantitative estimate of drug-likeness (QED) is 0.387. The highest BCUT2D eigenvalue weighted by atomic mass is 35.5. The van der Waals surface area contributed by atoms with Crippen LogP contribution in [0.5, 0.6) is 5.75 Å². The van der Waals surface area contributed by atoms with E-state index in [0.29, 0.717) is 0 Å². The van der Waals surface area contributed by atoms with Crippen molar-refractivity contribution in [1.82, 2.24) is 0 Å². The summed E-state index contributed by atoms with van der Waals surface area (Å²) in [5.41, 5.74) is 4.98. The highest BCUT2D eigenvalue weighted by Crippen LogP contribution is 2.34. The minimum absolute atomic E-state index is 0.0629. The molecule has 3 N–H and O–H groups in total. The van der Waals surface area contributed by atoms with Gasteiger partial charge in [-0.3, -0.25) is 0 Å². The Balaban J connectivity index is 2.89. The first kappa shape index (κ1) is 15.7. The minimum Gasteiger partial charge on any atom is -0.489 e. The molecule has 1 unspecified atom stereocenters. The summed E-state index contributed by atoms with van der Waals surface area (Å²) in [6.45, 7) is -0.900. The van der Waals surface area contributed by atoms with Gasteiger partial charge < -0.3 is 15.7 Å². The van der Waals surface area contributed by atoms with E-state index in [4.69, 9.17) is 38.9 Å². The number of para-hydroxylation sites is 1. The molecule has 0 aliphatic carbocycles. The second-order valence-electron chi connectivity index (χ2n) is 3.48. The van der Waals surface area contributed by atoms with Crippen LogP contribution in [0.25, 0.3) is 0 Å². The predicted octanol–water partition coefficient (Wildman–Crippen LogP) is 3.30. The first-order chi connectivity index (χ1) is 8.77. The Kier molecular flexibility index (Phi) is 5.13. The van der Waals surface area contributed by atoms with E-state index in [-0.39, 0.29) is 15.8 Å². The zero-order valence-corrected chi connectivity index (χ0v) is 10.8. The number of oxime groups is 1. The summed E-state index contributed by atoms with van der Waals surface area (Å²) < 4.78 is 42.9. The van der Waals surface area contributed by atoms with Crippen molar-refractivity contribution in [2.75, 3.05) is 6.61 Å². The molecule has 0 spiro atoms. The van der Waals surface area contributed by atoms with Crippen molar-refractivity contribution in [2.24, 2.45) is 16.8 Å². The number of hydrogen-bond acceptors (Lipinski definition) is 3. The van der Waals surface area contributed by atoms with Gasteiger partial charge in [0, 0.05) is 0 Å². The second-order valence-corrected chi connectivity index (χ2v) is 4.30. The average Bonchev–Trinajstić information content (AvgIpc) is 2.30. The highest BCUT2D eigenvalue weighted by Gasteiger charge is 2.43. The zero-order chi connectivity index (χ0) is 14.6. The van der Waals surface area contributed by atoms with Crippen LogP contribution in [-0.2, 0) is 0 Å². The molecule has 0 radical (unpaired) electrons. The van der Waals surface area contributed by atoms with E-state index in [1.54, 1.807) is 0 Å². The van der Waals surface area contributed by atoms with Gasteiger partial charge in [0.25, 0.3) is 0 Å². The largest absolute Gasteiger partial charge is 0.489 e. The van der Waals surface area contributed by atoms with Gasteiger partial charge in [-0.25, -0.2) is 0 Å². The smallest absolute Gasteiger partial charge is 0.402 e. The fraction of sp³-hybridized carbons (Fsp3) is 0.300. The van der Waals surface area contributed by atoms with Gasteiger partial charge in [0.1, 0.15) is 12.5 Å². The van der Waals surface area contributed by atoms with Crippen molar-refractivity contribution >= 4 is 29.0 Å². The Morgan fingerprint density at radius 2 is 1.89 bits per heavy atom. The van der Waals surface area contributed by atoms with E-state index in [9.17, 15) is 13.2 Å². The number of alkyl halides is 3. The molecule has 1 atom stereocenters. The van der Waals surface area contributed by atoms with E-state index >= 15 is 0 Å². The van der Waals surface area contributed by atoms with E-state index in [2.05, 4.69) is 5.16 Å². The standard InChI is InChI=1S/C10H9Cl2F3N2O2/c11-6-2-1-3-7(12)8(6)19-4-5(9(16)17-18)10(13,14)15/h1-3,5,18H,4H2,(H2,16,17). The lowest BCUT2D eigenvalue weighted by Gasteiger charge is -2.20. The molecule has 0 amide bonds. The Labute approximate surface area is 116 Å². The molecule has 9 heteroatoms. The molecule has 0 fully saturated rings. The van der Waals surface area contributed by atoms with E-state index < -0.39 is 24.5 Å². The predicted molar refractivity (Wildman–Crippen MR) is 64.9 cm³/mol. The summed E-state index contributed by atoms with van der Waals surface area (Å²) in [7, 11) is 0. The molecule has 106 valence electrons. The number of hydrogen-bond donors (Lipinski definition) is 2. The Hall–Kier alpha value is -1.34. The minimum atomic E-state index is -4.72. The fourth-order valence-corrected chi connectivity index (χ4v) is 1.71. The van der Waals surface area contributed by atoms with E-state index in [1.807, 2.05) is 0 Å². The maximum Gasteiger partial charge on any atom is 0.402 e. The molecule has 1 aromatic carbocycles. The van der Waals surface area contributed by atoms with Crippen LogP contribution < -0.4 is 10.5 Å². The number of halogens is 5. The number of ether oxygens (including phenoxy) is 1. The lowest BCUT2D eigenvalue weighted by atomic mass is 10.1. The van der Waals surface area contributed by atoms with E-state index in [1.165, 1.54) is 18.2 Å². The SMILES string of the molecule is N/C(=N/O)C(COc1c(Cl)cccc1Cl)C(F)(F)F. The van der Waals surface area contributed by atoms with Crippen LogP contribution in [0, 0.1) is 5.92 Å². The molecule has 0 aliphatic heterocycles. The molecule has 1 rings (SSSR count). The van der Waals surface area contributed by atoms with Gasteiger partial charge in [0.2, 0.25) is 0 Å². The molecule has 1 aromatic rings. The number of benzene rings is 1. The summed E-state index contributed by atoms with van der Waals surface area (Å²) >= 11 is 11.5. The molecule has 19 heavy (non-hydrogen) atoms. The van der Waals surface area contributed by atoms with Crippen LogP contribution in [0.2, 0.25) is 10.0 Å².